The van der Waals surface area contributed by atoms with Crippen LogP contribution in [0, 0.1) is 6.92 Å². The highest BCUT2D eigenvalue weighted by molar-refractivity contribution is 6.29. The van der Waals surface area contributed by atoms with Crippen LogP contribution in [0.1, 0.15) is 5.82 Å². The molecule has 0 saturated carbocycles. The second-order valence-corrected chi connectivity index (χ2v) is 2.66. The Morgan fingerprint density at radius 1 is 1.58 bits per heavy atom. The van der Waals surface area contributed by atoms with Gasteiger partial charge in [0.2, 0.25) is 0 Å². The molecule has 1 rings (SSSR count). The van der Waals surface area contributed by atoms with Crippen molar-refractivity contribution < 1.29 is 5.11 Å². The average Bonchev–Trinajstić information content (AvgIpc) is 1.99. The maximum Gasteiger partial charge on any atom is 0.134 e. The summed E-state index contributed by atoms with van der Waals surface area (Å²) in [6, 6.07) is 1.62. The van der Waals surface area contributed by atoms with Gasteiger partial charge >= 0.3 is 0 Å². The molecule has 66 valence electrons. The molecule has 1 aromatic heterocycles. The number of hydrogen-bond acceptors (Lipinski definition) is 4. The number of hydrogen-bond donors (Lipinski definition) is 2. The first-order valence-electron chi connectivity index (χ1n) is 3.58. The highest BCUT2D eigenvalue weighted by Crippen LogP contribution is 2.10. The maximum absolute atomic E-state index is 8.53. The zero-order valence-electron chi connectivity index (χ0n) is 6.71. The first-order valence-corrected chi connectivity index (χ1v) is 3.96. The molecule has 0 atom stereocenters. The van der Waals surface area contributed by atoms with Gasteiger partial charge in [0, 0.05) is 12.6 Å². The standard InChI is InChI=1S/C7H10ClN3O/c1-5-10-6(8)4-7(11-5)9-2-3-12/h4,12H,2-3H2,1H3,(H,9,10,11). The highest BCUT2D eigenvalue weighted by Gasteiger charge is 1.97. The minimum absolute atomic E-state index is 0.0701. The summed E-state index contributed by atoms with van der Waals surface area (Å²) in [7, 11) is 0. The van der Waals surface area contributed by atoms with Gasteiger partial charge < -0.3 is 10.4 Å². The van der Waals surface area contributed by atoms with Crippen molar-refractivity contribution in [2.24, 2.45) is 0 Å². The van der Waals surface area contributed by atoms with E-state index in [0.717, 1.165) is 0 Å². The van der Waals surface area contributed by atoms with Gasteiger partial charge in [-0.3, -0.25) is 0 Å². The molecule has 0 saturated heterocycles. The lowest BCUT2D eigenvalue weighted by Gasteiger charge is -2.03. The average molecular weight is 188 g/mol. The van der Waals surface area contributed by atoms with E-state index in [1.165, 1.54) is 0 Å². The van der Waals surface area contributed by atoms with Gasteiger partial charge in [-0.2, -0.15) is 0 Å². The monoisotopic (exact) mass is 187 g/mol. The Morgan fingerprint density at radius 2 is 2.33 bits per heavy atom. The van der Waals surface area contributed by atoms with E-state index >= 15 is 0 Å². The fraction of sp³-hybridized carbons (Fsp3) is 0.429. The van der Waals surface area contributed by atoms with E-state index in [1.807, 2.05) is 0 Å². The van der Waals surface area contributed by atoms with Crippen molar-refractivity contribution in [3.63, 3.8) is 0 Å². The van der Waals surface area contributed by atoms with E-state index in [9.17, 15) is 0 Å². The van der Waals surface area contributed by atoms with Crippen molar-refractivity contribution >= 4 is 17.4 Å². The third-order valence-electron chi connectivity index (χ3n) is 1.22. The first-order chi connectivity index (χ1) is 5.72. The van der Waals surface area contributed by atoms with Crippen molar-refractivity contribution in [1.82, 2.24) is 9.97 Å². The van der Waals surface area contributed by atoms with Gasteiger partial charge in [0.25, 0.3) is 0 Å². The van der Waals surface area contributed by atoms with E-state index in [1.54, 1.807) is 13.0 Å². The summed E-state index contributed by atoms with van der Waals surface area (Å²) in [5.41, 5.74) is 0. The molecule has 4 nitrogen and oxygen atoms in total. The van der Waals surface area contributed by atoms with Crippen LogP contribution in [0.3, 0.4) is 0 Å². The summed E-state index contributed by atoms with van der Waals surface area (Å²) in [5.74, 6) is 1.25. The molecule has 0 aliphatic carbocycles. The van der Waals surface area contributed by atoms with Crippen LogP contribution in [0.15, 0.2) is 6.07 Å². The Morgan fingerprint density at radius 3 is 2.92 bits per heavy atom. The molecule has 0 fully saturated rings. The SMILES string of the molecule is Cc1nc(Cl)cc(NCCO)n1. The minimum atomic E-state index is 0.0701. The minimum Gasteiger partial charge on any atom is -0.395 e. The van der Waals surface area contributed by atoms with Crippen molar-refractivity contribution in [1.29, 1.82) is 0 Å². The molecule has 0 unspecified atom stereocenters. The zero-order chi connectivity index (χ0) is 8.97. The summed E-state index contributed by atoms with van der Waals surface area (Å²) in [6.07, 6.45) is 0. The zero-order valence-corrected chi connectivity index (χ0v) is 7.47. The number of halogens is 1. The number of aromatic nitrogens is 2. The molecule has 0 bridgehead atoms. The number of anilines is 1. The lowest BCUT2D eigenvalue weighted by Crippen LogP contribution is -2.07. The topological polar surface area (TPSA) is 58.0 Å². The van der Waals surface area contributed by atoms with Crippen LogP contribution in [0.25, 0.3) is 0 Å². The normalized spacial score (nSPS) is 9.92. The summed E-state index contributed by atoms with van der Waals surface area (Å²) >= 11 is 5.68. The Kier molecular flexibility index (Phi) is 3.25. The van der Waals surface area contributed by atoms with Crippen LogP contribution in [-0.2, 0) is 0 Å². The molecular weight excluding hydrogens is 178 g/mol. The fourth-order valence-electron chi connectivity index (χ4n) is 0.806. The molecule has 2 N–H and O–H groups in total. The van der Waals surface area contributed by atoms with Crippen LogP contribution in [0.4, 0.5) is 5.82 Å². The van der Waals surface area contributed by atoms with Gasteiger partial charge in [-0.15, -0.1) is 0 Å². The molecule has 0 aliphatic heterocycles. The number of aliphatic hydroxyl groups is 1. The number of aliphatic hydroxyl groups excluding tert-OH is 1. The van der Waals surface area contributed by atoms with Crippen molar-refractivity contribution in [2.75, 3.05) is 18.5 Å². The lowest BCUT2D eigenvalue weighted by atomic mass is 10.5. The number of nitrogens with zero attached hydrogens (tertiary/aromatic N) is 2. The quantitative estimate of drug-likeness (QED) is 0.689. The first kappa shape index (κ1) is 9.22. The van der Waals surface area contributed by atoms with Crippen LogP contribution >= 0.6 is 11.6 Å². The molecule has 1 heterocycles. The van der Waals surface area contributed by atoms with E-state index in [4.69, 9.17) is 16.7 Å². The van der Waals surface area contributed by atoms with E-state index in [2.05, 4.69) is 15.3 Å². The summed E-state index contributed by atoms with van der Waals surface area (Å²) in [6.45, 7) is 2.30. The Balaban J connectivity index is 2.72. The summed E-state index contributed by atoms with van der Waals surface area (Å²) < 4.78 is 0. The molecular formula is C7H10ClN3O. The second-order valence-electron chi connectivity index (χ2n) is 2.27. The Bertz CT molecular complexity index is 247. The van der Waals surface area contributed by atoms with Crippen LogP contribution in [0.5, 0.6) is 0 Å². The second kappa shape index (κ2) is 4.23. The molecule has 0 radical (unpaired) electrons. The molecule has 0 amide bonds. The van der Waals surface area contributed by atoms with Gasteiger partial charge in [-0.05, 0) is 6.92 Å². The Hall–Kier alpha value is -0.870. The predicted octanol–water partition coefficient (Wildman–Crippen LogP) is 0.843. The van der Waals surface area contributed by atoms with E-state index in [0.29, 0.717) is 23.3 Å². The number of rotatable bonds is 3. The smallest absolute Gasteiger partial charge is 0.134 e. The number of aryl methyl sites for hydroxylation is 1. The number of nitrogens with one attached hydrogen (secondary N) is 1. The molecule has 0 spiro atoms. The van der Waals surface area contributed by atoms with Gasteiger partial charge in [-0.25, -0.2) is 9.97 Å². The van der Waals surface area contributed by atoms with E-state index in [-0.39, 0.29) is 6.61 Å². The van der Waals surface area contributed by atoms with Crippen molar-refractivity contribution in [3.8, 4) is 0 Å². The predicted molar refractivity (Wildman–Crippen MR) is 47.4 cm³/mol. The molecule has 0 aliphatic rings. The third-order valence-corrected chi connectivity index (χ3v) is 1.42. The maximum atomic E-state index is 8.53. The molecule has 0 aromatic carbocycles. The van der Waals surface area contributed by atoms with Gasteiger partial charge in [0.15, 0.2) is 0 Å². The van der Waals surface area contributed by atoms with Crippen molar-refractivity contribution in [3.05, 3.63) is 17.0 Å². The molecule has 5 heteroatoms. The summed E-state index contributed by atoms with van der Waals surface area (Å²) in [4.78, 5) is 7.95. The van der Waals surface area contributed by atoms with Crippen LogP contribution in [0.2, 0.25) is 5.15 Å². The van der Waals surface area contributed by atoms with Crippen LogP contribution < -0.4 is 5.32 Å². The van der Waals surface area contributed by atoms with Gasteiger partial charge in [0.1, 0.15) is 16.8 Å². The summed E-state index contributed by atoms with van der Waals surface area (Å²) in [5, 5.41) is 11.8. The molecule has 12 heavy (non-hydrogen) atoms. The molecule has 1 aromatic rings. The largest absolute Gasteiger partial charge is 0.395 e. The van der Waals surface area contributed by atoms with E-state index < -0.39 is 0 Å². The Labute approximate surface area is 75.6 Å². The lowest BCUT2D eigenvalue weighted by molar-refractivity contribution is 0.311. The fourth-order valence-corrected chi connectivity index (χ4v) is 1.03. The van der Waals surface area contributed by atoms with Gasteiger partial charge in [-0.1, -0.05) is 11.6 Å². The van der Waals surface area contributed by atoms with Gasteiger partial charge in [0.05, 0.1) is 6.61 Å². The van der Waals surface area contributed by atoms with Crippen LogP contribution in [-0.4, -0.2) is 28.2 Å². The third kappa shape index (κ3) is 2.64. The highest BCUT2D eigenvalue weighted by atomic mass is 35.5. The van der Waals surface area contributed by atoms with Crippen molar-refractivity contribution in [2.45, 2.75) is 6.92 Å².